The van der Waals surface area contributed by atoms with Gasteiger partial charge in [0.2, 0.25) is 10.0 Å². The normalized spacial score (nSPS) is 12.5. The molecule has 0 amide bonds. The Kier molecular flexibility index (Phi) is 5.00. The van der Waals surface area contributed by atoms with Crippen molar-refractivity contribution < 1.29 is 22.7 Å². The van der Waals surface area contributed by atoms with Crippen LogP contribution in [-0.2, 0) is 10.0 Å². The van der Waals surface area contributed by atoms with Crippen LogP contribution in [0.3, 0.4) is 0 Å². The summed E-state index contributed by atoms with van der Waals surface area (Å²) in [6.45, 7) is 0.571. The summed E-state index contributed by atoms with van der Waals surface area (Å²) >= 11 is 0. The fraction of sp³-hybridized carbons (Fsp3) is 0.294. The van der Waals surface area contributed by atoms with Crippen molar-refractivity contribution in [3.63, 3.8) is 0 Å². The summed E-state index contributed by atoms with van der Waals surface area (Å²) in [5.41, 5.74) is -0.858. The monoisotopic (exact) mass is 410 g/mol. The van der Waals surface area contributed by atoms with Crippen LogP contribution >= 0.6 is 0 Å². The summed E-state index contributed by atoms with van der Waals surface area (Å²) < 4.78 is 41.3. The van der Waals surface area contributed by atoms with Crippen LogP contribution in [0.15, 0.2) is 28.0 Å². The number of halogens is 1. The zero-order valence-corrected chi connectivity index (χ0v) is 16.2. The van der Waals surface area contributed by atoms with Gasteiger partial charge in [-0.15, -0.1) is 0 Å². The van der Waals surface area contributed by atoms with Crippen LogP contribution in [-0.4, -0.2) is 72.9 Å². The third-order valence-corrected chi connectivity index (χ3v) is 6.35. The van der Waals surface area contributed by atoms with E-state index in [4.69, 9.17) is 0 Å². The first-order valence-corrected chi connectivity index (χ1v) is 9.69. The lowest BCUT2D eigenvalue weighted by Crippen LogP contribution is -2.34. The molecule has 9 nitrogen and oxygen atoms in total. The Labute approximate surface area is 159 Å². The molecule has 0 atom stereocenters. The highest BCUT2D eigenvalue weighted by atomic mass is 32.2. The van der Waals surface area contributed by atoms with Crippen molar-refractivity contribution in [2.24, 2.45) is 0 Å². The van der Waals surface area contributed by atoms with Crippen LogP contribution < -0.4 is 5.56 Å². The highest BCUT2D eigenvalue weighted by Crippen LogP contribution is 2.29. The summed E-state index contributed by atoms with van der Waals surface area (Å²) in [6, 6.07) is 1.95. The third-order valence-electron chi connectivity index (χ3n) is 4.48. The standard InChI is InChI=1S/C17H19FN4O5S/c1-21(2)4-5-22(3)28(26,27)13-6-9-12(7-11(13)18)20-16(23)15-14(9)10(8-19-15)17(24)25/h6-8,19H,4-5H2,1-3H3,(H,20,23)(H,24,25). The van der Waals surface area contributed by atoms with Crippen LogP contribution in [0.5, 0.6) is 0 Å². The van der Waals surface area contributed by atoms with Gasteiger partial charge in [-0.3, -0.25) is 4.79 Å². The number of aromatic nitrogens is 2. The van der Waals surface area contributed by atoms with Crippen LogP contribution in [0, 0.1) is 5.82 Å². The molecule has 3 aromatic rings. The highest BCUT2D eigenvalue weighted by molar-refractivity contribution is 7.89. The number of carbonyl (C=O) groups is 1. The molecule has 0 unspecified atom stereocenters. The summed E-state index contributed by atoms with van der Waals surface area (Å²) in [5.74, 6) is -2.33. The second-order valence-corrected chi connectivity index (χ2v) is 8.68. The van der Waals surface area contributed by atoms with Gasteiger partial charge in [0.25, 0.3) is 5.56 Å². The first kappa shape index (κ1) is 20.0. The second-order valence-electron chi connectivity index (χ2n) is 6.67. The SMILES string of the molecule is CN(C)CCN(C)S(=O)(=O)c1cc2c(cc1F)[nH]c(=O)c1[nH]cc(C(=O)O)c12. The maximum Gasteiger partial charge on any atom is 0.337 e. The Morgan fingerprint density at radius 3 is 2.50 bits per heavy atom. The van der Waals surface area contributed by atoms with E-state index < -0.39 is 32.3 Å². The van der Waals surface area contributed by atoms with E-state index in [0.29, 0.717) is 6.54 Å². The molecule has 0 saturated heterocycles. The quantitative estimate of drug-likeness (QED) is 0.557. The fourth-order valence-electron chi connectivity index (χ4n) is 2.93. The molecule has 0 spiro atoms. The molecule has 11 heteroatoms. The number of carboxylic acids is 1. The van der Waals surface area contributed by atoms with Gasteiger partial charge in [0, 0.05) is 37.1 Å². The van der Waals surface area contributed by atoms with Crippen molar-refractivity contribution in [1.29, 1.82) is 0 Å². The number of fused-ring (bicyclic) bond motifs is 3. The van der Waals surface area contributed by atoms with E-state index in [9.17, 15) is 27.5 Å². The van der Waals surface area contributed by atoms with Crippen LogP contribution in [0.4, 0.5) is 4.39 Å². The smallest absolute Gasteiger partial charge is 0.337 e. The summed E-state index contributed by atoms with van der Waals surface area (Å²) in [7, 11) is 0.730. The second kappa shape index (κ2) is 7.00. The van der Waals surface area contributed by atoms with E-state index in [0.717, 1.165) is 22.6 Å². The molecule has 3 rings (SSSR count). The van der Waals surface area contributed by atoms with E-state index in [1.54, 1.807) is 19.0 Å². The van der Waals surface area contributed by atoms with Crippen molar-refractivity contribution in [1.82, 2.24) is 19.2 Å². The molecule has 2 heterocycles. The number of aromatic carboxylic acids is 1. The van der Waals surface area contributed by atoms with Gasteiger partial charge in [-0.25, -0.2) is 17.6 Å². The maximum absolute atomic E-state index is 14.6. The maximum atomic E-state index is 14.6. The molecular formula is C17H19FN4O5S. The fourth-order valence-corrected chi connectivity index (χ4v) is 4.16. The molecule has 0 aliphatic heterocycles. The number of sulfonamides is 1. The Balaban J connectivity index is 2.28. The van der Waals surface area contributed by atoms with Gasteiger partial charge in [0.05, 0.1) is 11.1 Å². The van der Waals surface area contributed by atoms with Gasteiger partial charge in [0.1, 0.15) is 16.2 Å². The minimum absolute atomic E-state index is 0.00648. The molecule has 1 aromatic carbocycles. The summed E-state index contributed by atoms with van der Waals surface area (Å²) in [4.78, 5) is 29.9. The van der Waals surface area contributed by atoms with Crippen molar-refractivity contribution in [3.05, 3.63) is 40.1 Å². The van der Waals surface area contributed by atoms with Crippen LogP contribution in [0.1, 0.15) is 10.4 Å². The molecule has 0 aliphatic rings. The molecule has 2 aromatic heterocycles. The number of H-pyrrole nitrogens is 2. The molecule has 0 bridgehead atoms. The van der Waals surface area contributed by atoms with E-state index in [1.165, 1.54) is 7.05 Å². The molecule has 0 saturated carbocycles. The molecule has 0 radical (unpaired) electrons. The van der Waals surface area contributed by atoms with Gasteiger partial charge in [0.15, 0.2) is 0 Å². The first-order chi connectivity index (χ1) is 13.0. The number of carboxylic acid groups (broad SMARTS) is 1. The van der Waals surface area contributed by atoms with E-state index >= 15 is 0 Å². The average molecular weight is 410 g/mol. The number of rotatable bonds is 6. The van der Waals surface area contributed by atoms with Crippen LogP contribution in [0.25, 0.3) is 21.8 Å². The number of hydrogen-bond acceptors (Lipinski definition) is 5. The Hall–Kier alpha value is -2.76. The topological polar surface area (TPSA) is 127 Å². The molecule has 0 fully saturated rings. The lowest BCUT2D eigenvalue weighted by molar-refractivity contribution is 0.0699. The molecule has 150 valence electrons. The van der Waals surface area contributed by atoms with Crippen molar-refractivity contribution in [3.8, 4) is 0 Å². The number of nitrogens with one attached hydrogen (secondary N) is 2. The number of nitrogens with zero attached hydrogens (tertiary/aromatic N) is 2. The molecule has 0 aliphatic carbocycles. The van der Waals surface area contributed by atoms with Crippen molar-refractivity contribution in [2.75, 3.05) is 34.2 Å². The lowest BCUT2D eigenvalue weighted by Gasteiger charge is -2.20. The number of hydrogen-bond donors (Lipinski definition) is 3. The zero-order chi connectivity index (χ0) is 20.8. The van der Waals surface area contributed by atoms with Crippen molar-refractivity contribution >= 4 is 37.8 Å². The molecule has 28 heavy (non-hydrogen) atoms. The number of likely N-dealkylation sites (N-methyl/N-ethyl adjacent to an activating group) is 2. The zero-order valence-electron chi connectivity index (χ0n) is 15.4. The number of aromatic amines is 2. The first-order valence-electron chi connectivity index (χ1n) is 8.25. The van der Waals surface area contributed by atoms with Gasteiger partial charge >= 0.3 is 5.97 Å². The molecular weight excluding hydrogens is 391 g/mol. The predicted molar refractivity (Wildman–Crippen MR) is 102 cm³/mol. The summed E-state index contributed by atoms with van der Waals surface area (Å²) in [5, 5.41) is 9.52. The largest absolute Gasteiger partial charge is 0.478 e. The minimum atomic E-state index is -4.17. The highest BCUT2D eigenvalue weighted by Gasteiger charge is 2.26. The van der Waals surface area contributed by atoms with Gasteiger partial charge in [-0.1, -0.05) is 0 Å². The minimum Gasteiger partial charge on any atom is -0.478 e. The average Bonchev–Trinajstić information content (AvgIpc) is 3.05. The van der Waals surface area contributed by atoms with Crippen LogP contribution in [0.2, 0.25) is 0 Å². The van der Waals surface area contributed by atoms with Gasteiger partial charge < -0.3 is 20.0 Å². The van der Waals surface area contributed by atoms with Crippen molar-refractivity contribution in [2.45, 2.75) is 4.90 Å². The number of benzene rings is 1. The van der Waals surface area contributed by atoms with E-state index in [1.807, 2.05) is 0 Å². The Morgan fingerprint density at radius 2 is 1.89 bits per heavy atom. The number of pyridine rings is 1. The summed E-state index contributed by atoms with van der Waals surface area (Å²) in [6.07, 6.45) is 1.14. The van der Waals surface area contributed by atoms with E-state index in [-0.39, 0.29) is 33.9 Å². The lowest BCUT2D eigenvalue weighted by atomic mass is 10.1. The Bertz CT molecular complexity index is 1250. The molecule has 3 N–H and O–H groups in total. The third kappa shape index (κ3) is 3.28. The Morgan fingerprint density at radius 1 is 1.21 bits per heavy atom. The predicted octanol–water partition coefficient (Wildman–Crippen LogP) is 1.03. The van der Waals surface area contributed by atoms with Gasteiger partial charge in [-0.05, 0) is 26.2 Å². The van der Waals surface area contributed by atoms with Gasteiger partial charge in [-0.2, -0.15) is 4.31 Å². The van der Waals surface area contributed by atoms with E-state index in [2.05, 4.69) is 9.97 Å².